The van der Waals surface area contributed by atoms with Crippen LogP contribution in [0.1, 0.15) is 59.1 Å². The molecule has 0 saturated carbocycles. The Kier molecular flexibility index (Phi) is 6.66. The highest BCUT2D eigenvalue weighted by molar-refractivity contribution is 7.80. The van der Waals surface area contributed by atoms with Crippen LogP contribution < -0.4 is 9.47 Å². The number of thiocarbonyl (C=S) groups is 1. The molecule has 0 heterocycles. The molecule has 0 saturated heterocycles. The smallest absolute Gasteiger partial charge is 0.185 e. The predicted octanol–water partition coefficient (Wildman–Crippen LogP) is 6.19. The summed E-state index contributed by atoms with van der Waals surface area (Å²) in [5, 5.41) is 0. The summed E-state index contributed by atoms with van der Waals surface area (Å²) in [4.78, 5) is 13.5. The number of allylic oxidation sites excluding steroid dienone is 5. The lowest BCUT2D eigenvalue weighted by Gasteiger charge is -2.28. The van der Waals surface area contributed by atoms with Crippen molar-refractivity contribution in [1.82, 2.24) is 0 Å². The van der Waals surface area contributed by atoms with Crippen LogP contribution in [0.5, 0.6) is 11.5 Å². The van der Waals surface area contributed by atoms with Gasteiger partial charge in [-0.25, -0.2) is 0 Å². The maximum Gasteiger partial charge on any atom is 0.185 e. The molecule has 0 bridgehead atoms. The van der Waals surface area contributed by atoms with E-state index < -0.39 is 0 Å². The molecule has 1 aromatic carbocycles. The minimum atomic E-state index is -0.373. The molecule has 0 unspecified atom stereocenters. The fourth-order valence-corrected chi connectivity index (χ4v) is 2.83. The normalized spacial score (nSPS) is 15.0. The minimum Gasteiger partial charge on any atom is -0.487 e. The van der Waals surface area contributed by atoms with Gasteiger partial charge in [0.15, 0.2) is 5.78 Å². The van der Waals surface area contributed by atoms with Crippen LogP contribution in [0.3, 0.4) is 0 Å². The van der Waals surface area contributed by atoms with E-state index in [2.05, 4.69) is 0 Å². The number of carbonyl (C=O) groups excluding carboxylic acids is 1. The summed E-state index contributed by atoms with van der Waals surface area (Å²) in [5.41, 5.74) is 1.67. The van der Waals surface area contributed by atoms with Crippen LogP contribution in [-0.2, 0) is 4.79 Å². The van der Waals surface area contributed by atoms with Crippen molar-refractivity contribution in [2.75, 3.05) is 0 Å². The summed E-state index contributed by atoms with van der Waals surface area (Å²) >= 11 is 5.14. The molecule has 28 heavy (non-hydrogen) atoms. The van der Waals surface area contributed by atoms with Crippen molar-refractivity contribution in [1.29, 1.82) is 0 Å². The van der Waals surface area contributed by atoms with E-state index >= 15 is 0 Å². The molecule has 0 atom stereocenters. The van der Waals surface area contributed by atoms with Gasteiger partial charge >= 0.3 is 0 Å². The van der Waals surface area contributed by atoms with Crippen molar-refractivity contribution < 1.29 is 14.3 Å². The first kappa shape index (κ1) is 22.1. The standard InChI is InChI=1S/C24H30O3S/c1-16-8-15-21(26-23(2,3)4)19(22(16)27-24(5,6)7)13-14-20(25)17-9-11-18(28)12-10-17/h8-11,13-15H,12H2,1-7H3. The molecule has 150 valence electrons. The Morgan fingerprint density at radius 2 is 1.68 bits per heavy atom. The van der Waals surface area contributed by atoms with E-state index in [9.17, 15) is 4.79 Å². The van der Waals surface area contributed by atoms with E-state index in [1.807, 2.05) is 72.8 Å². The lowest BCUT2D eigenvalue weighted by molar-refractivity contribution is -0.111. The van der Waals surface area contributed by atoms with Crippen molar-refractivity contribution >= 4 is 28.9 Å². The number of hydrogen-bond donors (Lipinski definition) is 0. The molecule has 0 amide bonds. The largest absolute Gasteiger partial charge is 0.487 e. The summed E-state index contributed by atoms with van der Waals surface area (Å²) in [5.74, 6) is 1.35. The number of benzene rings is 1. The van der Waals surface area contributed by atoms with Gasteiger partial charge in [0, 0.05) is 16.9 Å². The zero-order chi connectivity index (χ0) is 21.1. The van der Waals surface area contributed by atoms with Gasteiger partial charge in [-0.1, -0.05) is 30.4 Å². The second kappa shape index (κ2) is 8.44. The highest BCUT2D eigenvalue weighted by atomic mass is 32.1. The second-order valence-electron chi connectivity index (χ2n) is 8.91. The van der Waals surface area contributed by atoms with E-state index in [4.69, 9.17) is 21.7 Å². The average Bonchev–Trinajstić information content (AvgIpc) is 2.55. The zero-order valence-corrected chi connectivity index (χ0v) is 18.7. The van der Waals surface area contributed by atoms with Gasteiger partial charge in [0.05, 0.1) is 5.56 Å². The molecule has 4 heteroatoms. The Labute approximate surface area is 174 Å². The first-order valence-electron chi connectivity index (χ1n) is 9.51. The Morgan fingerprint density at radius 1 is 1.04 bits per heavy atom. The second-order valence-corrected chi connectivity index (χ2v) is 9.44. The average molecular weight is 399 g/mol. The molecular weight excluding hydrogens is 368 g/mol. The van der Waals surface area contributed by atoms with E-state index in [-0.39, 0.29) is 17.0 Å². The Morgan fingerprint density at radius 3 is 2.21 bits per heavy atom. The Bertz CT molecular complexity index is 859. The third-order valence-electron chi connectivity index (χ3n) is 3.84. The first-order chi connectivity index (χ1) is 12.9. The van der Waals surface area contributed by atoms with Crippen LogP contribution in [0.15, 0.2) is 42.0 Å². The van der Waals surface area contributed by atoms with Gasteiger partial charge in [0.25, 0.3) is 0 Å². The fourth-order valence-electron chi connectivity index (χ4n) is 2.68. The summed E-state index contributed by atoms with van der Waals surface area (Å²) in [6.45, 7) is 14.0. The van der Waals surface area contributed by atoms with Crippen molar-refractivity contribution in [3.05, 3.63) is 53.1 Å². The number of hydrogen-bond acceptors (Lipinski definition) is 4. The van der Waals surface area contributed by atoms with E-state index in [1.165, 1.54) is 0 Å². The number of ether oxygens (including phenoxy) is 2. The highest BCUT2D eigenvalue weighted by Crippen LogP contribution is 2.37. The third kappa shape index (κ3) is 6.45. The third-order valence-corrected chi connectivity index (χ3v) is 4.14. The Balaban J connectivity index is 2.46. The molecule has 0 fully saturated rings. The number of carbonyl (C=O) groups is 1. The van der Waals surface area contributed by atoms with Gasteiger partial charge < -0.3 is 9.47 Å². The number of ketones is 1. The van der Waals surface area contributed by atoms with Gasteiger partial charge in [-0.15, -0.1) is 0 Å². The lowest BCUT2D eigenvalue weighted by Crippen LogP contribution is -2.25. The zero-order valence-electron chi connectivity index (χ0n) is 17.9. The first-order valence-corrected chi connectivity index (χ1v) is 9.92. The van der Waals surface area contributed by atoms with Crippen molar-refractivity contribution in [2.24, 2.45) is 0 Å². The van der Waals surface area contributed by atoms with Crippen LogP contribution in [0.2, 0.25) is 0 Å². The lowest BCUT2D eigenvalue weighted by atomic mass is 10.0. The summed E-state index contributed by atoms with van der Waals surface area (Å²) in [6.07, 6.45) is 9.44. The molecule has 1 aromatic rings. The van der Waals surface area contributed by atoms with E-state index in [1.54, 1.807) is 18.2 Å². The monoisotopic (exact) mass is 398 g/mol. The summed E-state index contributed by atoms with van der Waals surface area (Å²) < 4.78 is 12.4. The number of aryl methyl sites for hydroxylation is 1. The van der Waals surface area contributed by atoms with Gasteiger partial charge in [-0.05, 0) is 78.3 Å². The highest BCUT2D eigenvalue weighted by Gasteiger charge is 2.21. The molecule has 0 N–H and O–H groups in total. The molecule has 2 rings (SSSR count). The van der Waals surface area contributed by atoms with E-state index in [0.29, 0.717) is 17.7 Å². The van der Waals surface area contributed by atoms with Gasteiger partial charge in [0.2, 0.25) is 0 Å². The molecule has 0 spiro atoms. The van der Waals surface area contributed by atoms with Crippen LogP contribution in [0.4, 0.5) is 0 Å². The SMILES string of the molecule is Cc1ccc(OC(C)(C)C)c(C=CC(=O)C2=CCC(=S)C=C2)c1OC(C)(C)C. The van der Waals surface area contributed by atoms with Crippen LogP contribution in [0, 0.1) is 6.92 Å². The maximum absolute atomic E-state index is 12.6. The molecule has 1 aliphatic carbocycles. The van der Waals surface area contributed by atoms with Crippen LogP contribution >= 0.6 is 12.2 Å². The topological polar surface area (TPSA) is 35.5 Å². The fraction of sp³-hybridized carbons (Fsp3) is 0.417. The van der Waals surface area contributed by atoms with Crippen molar-refractivity contribution in [3.8, 4) is 11.5 Å². The molecule has 0 aromatic heterocycles. The Hall–Kier alpha value is -2.20. The van der Waals surface area contributed by atoms with Crippen LogP contribution in [-0.4, -0.2) is 21.8 Å². The molecule has 1 aliphatic rings. The van der Waals surface area contributed by atoms with Gasteiger partial charge in [-0.2, -0.15) is 0 Å². The van der Waals surface area contributed by atoms with Gasteiger partial charge in [-0.3, -0.25) is 4.79 Å². The summed E-state index contributed by atoms with van der Waals surface area (Å²) in [6, 6.07) is 3.91. The van der Waals surface area contributed by atoms with Crippen LogP contribution in [0.25, 0.3) is 6.08 Å². The van der Waals surface area contributed by atoms with Gasteiger partial charge in [0.1, 0.15) is 22.7 Å². The molecule has 0 aliphatic heterocycles. The summed E-state index contributed by atoms with van der Waals surface area (Å²) in [7, 11) is 0. The quantitative estimate of drug-likeness (QED) is 0.438. The molecule has 0 radical (unpaired) electrons. The van der Waals surface area contributed by atoms with Crippen molar-refractivity contribution in [2.45, 2.75) is 66.1 Å². The van der Waals surface area contributed by atoms with E-state index in [0.717, 1.165) is 21.7 Å². The van der Waals surface area contributed by atoms with Crippen molar-refractivity contribution in [3.63, 3.8) is 0 Å². The minimum absolute atomic E-state index is 0.0660. The predicted molar refractivity (Wildman–Crippen MR) is 120 cm³/mol. The molecular formula is C24H30O3S. The molecule has 3 nitrogen and oxygen atoms in total. The number of rotatable bonds is 5. The maximum atomic E-state index is 12.6.